The molecule has 0 radical (unpaired) electrons. The van der Waals surface area contributed by atoms with Crippen molar-refractivity contribution < 1.29 is 24.2 Å². The van der Waals surface area contributed by atoms with Gasteiger partial charge in [0.15, 0.2) is 11.2 Å². The van der Waals surface area contributed by atoms with Crippen LogP contribution in [0.2, 0.25) is 0 Å². The number of hydrogen-bond donors (Lipinski definition) is 3. The summed E-state index contributed by atoms with van der Waals surface area (Å²) in [5.74, 6) is 0.250. The predicted molar refractivity (Wildman–Crippen MR) is 152 cm³/mol. The number of hydrogen-bond acceptors (Lipinski definition) is 7. The number of nitrogens with zero attached hydrogens (tertiary/aromatic N) is 1. The summed E-state index contributed by atoms with van der Waals surface area (Å²) in [6, 6.07) is 25.5. The van der Waals surface area contributed by atoms with Gasteiger partial charge in [0.05, 0.1) is 4.88 Å². The largest absolute Gasteiger partial charge is 0.490 e. The summed E-state index contributed by atoms with van der Waals surface area (Å²) in [6.45, 7) is 2.08. The number of aliphatic hydroxyl groups excluding tert-OH is 1. The maximum atomic E-state index is 13.0. The first-order chi connectivity index (χ1) is 19.0. The first-order valence-corrected chi connectivity index (χ1v) is 13.5. The van der Waals surface area contributed by atoms with E-state index in [1.54, 1.807) is 30.5 Å². The quantitative estimate of drug-likeness (QED) is 0.217. The highest BCUT2D eigenvalue weighted by Crippen LogP contribution is 2.32. The number of ether oxygens (including phenoxy) is 2. The molecule has 202 valence electrons. The molecule has 0 bridgehead atoms. The van der Waals surface area contributed by atoms with E-state index in [0.717, 1.165) is 21.8 Å². The van der Waals surface area contributed by atoms with Crippen LogP contribution in [-0.4, -0.2) is 40.7 Å². The van der Waals surface area contributed by atoms with Gasteiger partial charge in [-0.15, -0.1) is 0 Å². The van der Waals surface area contributed by atoms with Gasteiger partial charge in [0.1, 0.15) is 30.8 Å². The molecule has 9 heteroatoms. The van der Waals surface area contributed by atoms with Crippen molar-refractivity contribution in [2.24, 2.45) is 0 Å². The molecule has 8 nitrogen and oxygen atoms in total. The van der Waals surface area contributed by atoms with Crippen LogP contribution in [0.15, 0.2) is 91.1 Å². The highest BCUT2D eigenvalue weighted by molar-refractivity contribution is 7.19. The smallest absolute Gasteiger partial charge is 0.253 e. The molecule has 1 unspecified atom stereocenters. The van der Waals surface area contributed by atoms with Crippen LogP contribution in [0.5, 0.6) is 11.5 Å². The van der Waals surface area contributed by atoms with Crippen molar-refractivity contribution in [2.75, 3.05) is 11.9 Å². The van der Waals surface area contributed by atoms with Crippen molar-refractivity contribution in [3.8, 4) is 21.9 Å². The fourth-order valence-electron chi connectivity index (χ4n) is 3.81. The van der Waals surface area contributed by atoms with Crippen LogP contribution in [0, 0.1) is 0 Å². The molecule has 0 saturated heterocycles. The average molecular weight is 546 g/mol. The van der Waals surface area contributed by atoms with Crippen LogP contribution in [0.3, 0.4) is 0 Å². The molecule has 39 heavy (non-hydrogen) atoms. The van der Waals surface area contributed by atoms with Gasteiger partial charge in [-0.1, -0.05) is 85.3 Å². The summed E-state index contributed by atoms with van der Waals surface area (Å²) in [6.07, 6.45) is 1.35. The minimum atomic E-state index is -1.42. The Morgan fingerprint density at radius 3 is 2.23 bits per heavy atom. The third-order valence-corrected chi connectivity index (χ3v) is 6.77. The number of benzene rings is 3. The Morgan fingerprint density at radius 2 is 1.54 bits per heavy atom. The van der Waals surface area contributed by atoms with E-state index in [1.165, 1.54) is 11.3 Å². The zero-order valence-corrected chi connectivity index (χ0v) is 22.4. The summed E-state index contributed by atoms with van der Waals surface area (Å²) in [7, 11) is 0. The molecule has 4 rings (SSSR count). The number of aromatic nitrogens is 1. The van der Waals surface area contributed by atoms with E-state index in [2.05, 4.69) is 15.6 Å². The van der Waals surface area contributed by atoms with E-state index in [9.17, 15) is 14.7 Å². The Kier molecular flexibility index (Phi) is 10.0. The van der Waals surface area contributed by atoms with Crippen LogP contribution in [0.25, 0.3) is 10.4 Å². The topological polar surface area (TPSA) is 110 Å². The SMILES string of the molecule is CCC[C@H](NC(=O)C(O)COc1ccccc1)C(=O)Nc1ncc(-c2ccccc2COc2ccccc2)s1. The monoisotopic (exact) mass is 545 g/mol. The molecule has 3 aromatic carbocycles. The Bertz CT molecular complexity index is 1350. The summed E-state index contributed by atoms with van der Waals surface area (Å²) < 4.78 is 11.4. The molecule has 1 heterocycles. The Balaban J connectivity index is 1.36. The van der Waals surface area contributed by atoms with Gasteiger partial charge in [-0.25, -0.2) is 4.98 Å². The minimum Gasteiger partial charge on any atom is -0.490 e. The number of carbonyl (C=O) groups is 2. The van der Waals surface area contributed by atoms with Gasteiger partial charge in [-0.05, 0) is 41.8 Å². The average Bonchev–Trinajstić information content (AvgIpc) is 3.44. The maximum Gasteiger partial charge on any atom is 0.253 e. The fourth-order valence-corrected chi connectivity index (χ4v) is 4.69. The van der Waals surface area contributed by atoms with Gasteiger partial charge in [0.25, 0.3) is 5.91 Å². The number of carbonyl (C=O) groups excluding carboxylic acids is 2. The highest BCUT2D eigenvalue weighted by atomic mass is 32.1. The molecule has 0 saturated carbocycles. The maximum absolute atomic E-state index is 13.0. The first-order valence-electron chi connectivity index (χ1n) is 12.7. The van der Waals surface area contributed by atoms with Crippen LogP contribution in [0.1, 0.15) is 25.3 Å². The molecule has 2 amide bonds. The summed E-state index contributed by atoms with van der Waals surface area (Å²) in [5, 5.41) is 16.1. The highest BCUT2D eigenvalue weighted by Gasteiger charge is 2.25. The van der Waals surface area contributed by atoms with Crippen LogP contribution in [0.4, 0.5) is 5.13 Å². The Hall–Kier alpha value is -4.21. The number of aliphatic hydroxyl groups is 1. The number of rotatable bonds is 13. The van der Waals surface area contributed by atoms with Crippen LogP contribution < -0.4 is 20.1 Å². The minimum absolute atomic E-state index is 0.223. The molecule has 0 aliphatic carbocycles. The van der Waals surface area contributed by atoms with Gasteiger partial charge in [0, 0.05) is 6.20 Å². The number of anilines is 1. The van der Waals surface area contributed by atoms with Crippen molar-refractivity contribution >= 4 is 28.3 Å². The van der Waals surface area contributed by atoms with Crippen LogP contribution in [-0.2, 0) is 16.2 Å². The Morgan fingerprint density at radius 1 is 0.897 bits per heavy atom. The standard InChI is InChI=1S/C30H31N3O5S/c1-2-11-25(32-29(36)26(34)20-38-23-15-7-4-8-16-23)28(35)33-30-31-18-27(39-30)24-17-10-9-12-21(24)19-37-22-13-5-3-6-14-22/h3-10,12-18,25-26,34H,2,11,19-20H2,1H3,(H,32,36)(H,31,33,35)/t25-,26?/m0/s1. The lowest BCUT2D eigenvalue weighted by Crippen LogP contribution is -2.48. The van der Waals surface area contributed by atoms with E-state index in [4.69, 9.17) is 9.47 Å². The molecule has 0 aliphatic heterocycles. The lowest BCUT2D eigenvalue weighted by Gasteiger charge is -2.19. The molecule has 0 aliphatic rings. The molecular weight excluding hydrogens is 514 g/mol. The normalized spacial score (nSPS) is 12.3. The molecule has 2 atom stereocenters. The molecule has 1 aromatic heterocycles. The van der Waals surface area contributed by atoms with Crippen molar-refractivity contribution in [1.29, 1.82) is 0 Å². The van der Waals surface area contributed by atoms with Gasteiger partial charge in [-0.3, -0.25) is 9.59 Å². The van der Waals surface area contributed by atoms with E-state index in [0.29, 0.717) is 30.3 Å². The second kappa shape index (κ2) is 14.1. The number of para-hydroxylation sites is 2. The fraction of sp³-hybridized carbons (Fsp3) is 0.233. The number of thiazole rings is 1. The zero-order chi connectivity index (χ0) is 27.5. The molecule has 3 N–H and O–H groups in total. The second-order valence-electron chi connectivity index (χ2n) is 8.77. The van der Waals surface area contributed by atoms with Gasteiger partial charge < -0.3 is 25.2 Å². The van der Waals surface area contributed by atoms with Crippen molar-refractivity contribution in [2.45, 2.75) is 38.5 Å². The van der Waals surface area contributed by atoms with Crippen molar-refractivity contribution in [3.63, 3.8) is 0 Å². The zero-order valence-electron chi connectivity index (χ0n) is 21.6. The molecule has 0 fully saturated rings. The van der Waals surface area contributed by atoms with Crippen molar-refractivity contribution in [1.82, 2.24) is 10.3 Å². The van der Waals surface area contributed by atoms with Gasteiger partial charge in [0.2, 0.25) is 5.91 Å². The van der Waals surface area contributed by atoms with E-state index >= 15 is 0 Å². The van der Waals surface area contributed by atoms with Crippen molar-refractivity contribution in [3.05, 3.63) is 96.7 Å². The predicted octanol–water partition coefficient (Wildman–Crippen LogP) is 5.05. The first kappa shape index (κ1) is 27.8. The van der Waals surface area contributed by atoms with Gasteiger partial charge >= 0.3 is 0 Å². The lowest BCUT2D eigenvalue weighted by molar-refractivity contribution is -0.134. The van der Waals surface area contributed by atoms with Crippen LogP contribution >= 0.6 is 11.3 Å². The Labute approximate surface area is 231 Å². The molecule has 4 aromatic rings. The van der Waals surface area contributed by atoms with E-state index < -0.39 is 24.0 Å². The van der Waals surface area contributed by atoms with Gasteiger partial charge in [-0.2, -0.15) is 0 Å². The van der Waals surface area contributed by atoms with E-state index in [1.807, 2.05) is 67.6 Å². The second-order valence-corrected chi connectivity index (χ2v) is 9.80. The lowest BCUT2D eigenvalue weighted by atomic mass is 10.1. The number of nitrogens with one attached hydrogen (secondary N) is 2. The third kappa shape index (κ3) is 8.13. The number of amides is 2. The summed E-state index contributed by atoms with van der Waals surface area (Å²) in [4.78, 5) is 30.8. The summed E-state index contributed by atoms with van der Waals surface area (Å²) in [5.41, 5.74) is 1.96. The summed E-state index contributed by atoms with van der Waals surface area (Å²) >= 11 is 1.34. The third-order valence-electron chi connectivity index (χ3n) is 5.82. The molecular formula is C30H31N3O5S. The molecule has 0 spiro atoms. The van der Waals surface area contributed by atoms with E-state index in [-0.39, 0.29) is 6.61 Å².